The van der Waals surface area contributed by atoms with Crippen molar-refractivity contribution in [1.82, 2.24) is 5.43 Å². The van der Waals surface area contributed by atoms with Crippen LogP contribution in [-0.2, 0) is 6.61 Å². The monoisotopic (exact) mass is 492 g/mol. The Bertz CT molecular complexity index is 1250. The fourth-order valence-corrected chi connectivity index (χ4v) is 3.84. The molecule has 0 radical (unpaired) electrons. The Balaban J connectivity index is 1.52. The predicted octanol–water partition coefficient (Wildman–Crippen LogP) is 5.94. The number of nitrogens with zero attached hydrogens (tertiary/aromatic N) is 1. The molecule has 162 valence electrons. The van der Waals surface area contributed by atoms with Crippen molar-refractivity contribution in [2.24, 2.45) is 5.10 Å². The van der Waals surface area contributed by atoms with Gasteiger partial charge in [-0.15, -0.1) is 0 Å². The molecule has 0 saturated heterocycles. The molecule has 0 bridgehead atoms. The van der Waals surface area contributed by atoms with Crippen molar-refractivity contribution in [2.75, 3.05) is 6.61 Å². The van der Waals surface area contributed by atoms with E-state index in [1.165, 1.54) is 17.9 Å². The molecule has 0 atom stereocenters. The number of halogens is 1. The number of fused-ring (bicyclic) bond motifs is 1. The first-order chi connectivity index (χ1) is 15.7. The van der Waals surface area contributed by atoms with Crippen molar-refractivity contribution in [3.63, 3.8) is 0 Å². The molecule has 0 aliphatic carbocycles. The highest BCUT2D eigenvalue weighted by Gasteiger charge is 2.13. The SMILES string of the molecule is CCOc1cc(/C=N\NC(=O)c2ccco2)cc(Br)c1OCc1cccc2ccccc12. The van der Waals surface area contributed by atoms with Gasteiger partial charge in [-0.2, -0.15) is 5.10 Å². The molecule has 4 aromatic rings. The summed E-state index contributed by atoms with van der Waals surface area (Å²) in [5, 5.41) is 6.32. The van der Waals surface area contributed by atoms with Gasteiger partial charge in [-0.1, -0.05) is 42.5 Å². The van der Waals surface area contributed by atoms with Crippen molar-refractivity contribution in [2.45, 2.75) is 13.5 Å². The van der Waals surface area contributed by atoms with E-state index in [0.29, 0.717) is 24.7 Å². The zero-order valence-electron chi connectivity index (χ0n) is 17.4. The maximum absolute atomic E-state index is 11.9. The number of hydrogen-bond donors (Lipinski definition) is 1. The van der Waals surface area contributed by atoms with Crippen LogP contribution in [0.4, 0.5) is 0 Å². The fraction of sp³-hybridized carbons (Fsp3) is 0.120. The van der Waals surface area contributed by atoms with Gasteiger partial charge in [0.25, 0.3) is 0 Å². The largest absolute Gasteiger partial charge is 0.490 e. The summed E-state index contributed by atoms with van der Waals surface area (Å²) in [6.07, 6.45) is 2.96. The maximum Gasteiger partial charge on any atom is 0.307 e. The van der Waals surface area contributed by atoms with Crippen LogP contribution < -0.4 is 14.9 Å². The quantitative estimate of drug-likeness (QED) is 0.244. The summed E-state index contributed by atoms with van der Waals surface area (Å²) >= 11 is 3.57. The summed E-state index contributed by atoms with van der Waals surface area (Å²) in [5.74, 6) is 0.957. The summed E-state index contributed by atoms with van der Waals surface area (Å²) in [6.45, 7) is 2.78. The smallest absolute Gasteiger partial charge is 0.307 e. The molecule has 1 N–H and O–H groups in total. The highest BCUT2D eigenvalue weighted by molar-refractivity contribution is 9.10. The number of carbonyl (C=O) groups is 1. The Morgan fingerprint density at radius 3 is 2.75 bits per heavy atom. The standard InChI is InChI=1S/C25H21BrN2O4/c1-2-30-23-14-17(15-27-28-25(29)22-11-6-12-31-22)13-21(26)24(23)32-16-19-9-5-8-18-7-3-4-10-20(18)19/h3-15H,2,16H2,1H3,(H,28,29)/b27-15-. The minimum Gasteiger partial charge on any atom is -0.490 e. The van der Waals surface area contributed by atoms with Crippen LogP contribution in [0.3, 0.4) is 0 Å². The van der Waals surface area contributed by atoms with Crippen molar-refractivity contribution in [1.29, 1.82) is 0 Å². The topological polar surface area (TPSA) is 73.1 Å². The van der Waals surface area contributed by atoms with E-state index >= 15 is 0 Å². The molecule has 0 fully saturated rings. The molecule has 1 aromatic heterocycles. The van der Waals surface area contributed by atoms with Gasteiger partial charge in [-0.05, 0) is 69.0 Å². The number of benzene rings is 3. The Morgan fingerprint density at radius 1 is 1.09 bits per heavy atom. The molecule has 0 unspecified atom stereocenters. The van der Waals surface area contributed by atoms with E-state index in [-0.39, 0.29) is 5.76 Å². The highest BCUT2D eigenvalue weighted by atomic mass is 79.9. The Labute approximate surface area is 194 Å². The normalized spacial score (nSPS) is 11.1. The van der Waals surface area contributed by atoms with E-state index < -0.39 is 5.91 Å². The van der Waals surface area contributed by atoms with Gasteiger partial charge in [0.2, 0.25) is 0 Å². The molecule has 6 nitrogen and oxygen atoms in total. The number of hydrogen-bond acceptors (Lipinski definition) is 5. The summed E-state index contributed by atoms with van der Waals surface area (Å²) < 4.78 is 17.7. The Kier molecular flexibility index (Phi) is 6.87. The summed E-state index contributed by atoms with van der Waals surface area (Å²) in [7, 11) is 0. The molecule has 32 heavy (non-hydrogen) atoms. The van der Waals surface area contributed by atoms with E-state index in [4.69, 9.17) is 13.9 Å². The third-order valence-corrected chi connectivity index (χ3v) is 5.30. The molecule has 1 amide bonds. The first-order valence-electron chi connectivity index (χ1n) is 10.1. The average Bonchev–Trinajstić information content (AvgIpc) is 3.34. The van der Waals surface area contributed by atoms with E-state index in [2.05, 4.69) is 50.7 Å². The summed E-state index contributed by atoms with van der Waals surface area (Å²) in [4.78, 5) is 11.9. The van der Waals surface area contributed by atoms with Gasteiger partial charge >= 0.3 is 5.91 Å². The number of carbonyl (C=O) groups excluding carboxylic acids is 1. The van der Waals surface area contributed by atoms with E-state index in [0.717, 1.165) is 21.0 Å². The van der Waals surface area contributed by atoms with E-state index in [1.807, 2.05) is 37.3 Å². The van der Waals surface area contributed by atoms with Crippen LogP contribution in [0.25, 0.3) is 10.8 Å². The molecular weight excluding hydrogens is 472 g/mol. The van der Waals surface area contributed by atoms with Gasteiger partial charge in [0.15, 0.2) is 17.3 Å². The van der Waals surface area contributed by atoms with Crippen LogP contribution in [-0.4, -0.2) is 18.7 Å². The Morgan fingerprint density at radius 2 is 1.94 bits per heavy atom. The highest BCUT2D eigenvalue weighted by Crippen LogP contribution is 2.37. The first kappa shape index (κ1) is 21.6. The van der Waals surface area contributed by atoms with E-state index in [9.17, 15) is 4.79 Å². The lowest BCUT2D eigenvalue weighted by molar-refractivity contribution is 0.0927. The summed E-state index contributed by atoms with van der Waals surface area (Å²) in [5.41, 5.74) is 4.25. The lowest BCUT2D eigenvalue weighted by Gasteiger charge is -2.15. The third kappa shape index (κ3) is 5.00. The second kappa shape index (κ2) is 10.2. The zero-order valence-corrected chi connectivity index (χ0v) is 19.0. The molecular formula is C25H21BrN2O4. The van der Waals surface area contributed by atoms with Gasteiger partial charge in [0, 0.05) is 0 Å². The number of rotatable bonds is 8. The fourth-order valence-electron chi connectivity index (χ4n) is 3.26. The Hall–Kier alpha value is -3.58. The minimum atomic E-state index is -0.426. The van der Waals surface area contributed by atoms with Crippen molar-refractivity contribution in [3.8, 4) is 11.5 Å². The van der Waals surface area contributed by atoms with E-state index in [1.54, 1.807) is 12.1 Å². The second-order valence-corrected chi connectivity index (χ2v) is 7.72. The van der Waals surface area contributed by atoms with Crippen LogP contribution in [0.15, 0.2) is 87.0 Å². The number of amides is 1. The average molecular weight is 493 g/mol. The minimum absolute atomic E-state index is 0.190. The molecule has 0 aliphatic rings. The summed E-state index contributed by atoms with van der Waals surface area (Å²) in [6, 6.07) is 21.2. The van der Waals surface area contributed by atoms with Gasteiger partial charge in [-0.3, -0.25) is 4.79 Å². The molecule has 7 heteroatoms. The predicted molar refractivity (Wildman–Crippen MR) is 127 cm³/mol. The second-order valence-electron chi connectivity index (χ2n) is 6.87. The molecule has 1 heterocycles. The van der Waals surface area contributed by atoms with Crippen molar-refractivity contribution >= 4 is 38.8 Å². The van der Waals surface area contributed by atoms with Crippen molar-refractivity contribution < 1.29 is 18.7 Å². The number of furan rings is 1. The molecule has 0 spiro atoms. The van der Waals surface area contributed by atoms with Crippen LogP contribution in [0.2, 0.25) is 0 Å². The third-order valence-electron chi connectivity index (χ3n) is 4.71. The lowest BCUT2D eigenvalue weighted by Crippen LogP contribution is -2.16. The zero-order chi connectivity index (χ0) is 22.3. The van der Waals surface area contributed by atoms with Crippen LogP contribution in [0.1, 0.15) is 28.6 Å². The van der Waals surface area contributed by atoms with Crippen LogP contribution in [0, 0.1) is 0 Å². The molecule has 0 saturated carbocycles. The molecule has 0 aliphatic heterocycles. The number of ether oxygens (including phenoxy) is 2. The first-order valence-corrected chi connectivity index (χ1v) is 10.9. The van der Waals surface area contributed by atoms with Gasteiger partial charge < -0.3 is 13.9 Å². The van der Waals surface area contributed by atoms with Crippen molar-refractivity contribution in [3.05, 3.63) is 94.4 Å². The maximum atomic E-state index is 11.9. The van der Waals surface area contributed by atoms with Crippen LogP contribution >= 0.6 is 15.9 Å². The van der Waals surface area contributed by atoms with Crippen LogP contribution in [0.5, 0.6) is 11.5 Å². The molecule has 4 rings (SSSR count). The molecule has 3 aromatic carbocycles. The number of nitrogens with one attached hydrogen (secondary N) is 1. The van der Waals surface area contributed by atoms with Gasteiger partial charge in [0.05, 0.1) is 23.6 Å². The lowest BCUT2D eigenvalue weighted by atomic mass is 10.1. The van der Waals surface area contributed by atoms with Gasteiger partial charge in [-0.25, -0.2) is 5.43 Å². The number of hydrazone groups is 1. The van der Waals surface area contributed by atoms with Gasteiger partial charge in [0.1, 0.15) is 6.61 Å².